The summed E-state index contributed by atoms with van der Waals surface area (Å²) in [5.41, 5.74) is 0.445. The van der Waals surface area contributed by atoms with Gasteiger partial charge >= 0.3 is 18.6 Å². The minimum absolute atomic E-state index is 0.0479. The summed E-state index contributed by atoms with van der Waals surface area (Å²) in [5, 5.41) is 0. The fourth-order valence-corrected chi connectivity index (χ4v) is 3.52. The van der Waals surface area contributed by atoms with Crippen LogP contribution in [0.3, 0.4) is 0 Å². The predicted octanol–water partition coefficient (Wildman–Crippen LogP) is 4.26. The lowest BCUT2D eigenvalue weighted by atomic mass is 9.84. The Kier molecular flexibility index (Phi) is 7.16. The first-order valence-electron chi connectivity index (χ1n) is 9.21. The molecule has 1 aromatic carbocycles. The molecule has 0 radical (unpaired) electrons. The van der Waals surface area contributed by atoms with Crippen LogP contribution in [-0.2, 0) is 25.5 Å². The van der Waals surface area contributed by atoms with Gasteiger partial charge in [0, 0.05) is 5.56 Å². The molecule has 1 fully saturated rings. The second kappa shape index (κ2) is 9.15. The molecule has 0 atom stereocenters. The van der Waals surface area contributed by atoms with Crippen LogP contribution < -0.4 is 4.74 Å². The quantitative estimate of drug-likeness (QED) is 0.658. The van der Waals surface area contributed by atoms with Crippen LogP contribution in [0.4, 0.5) is 8.78 Å². The van der Waals surface area contributed by atoms with E-state index in [0.29, 0.717) is 24.0 Å². The van der Waals surface area contributed by atoms with E-state index in [0.717, 1.165) is 24.8 Å². The Morgan fingerprint density at radius 2 is 1.81 bits per heavy atom. The van der Waals surface area contributed by atoms with Gasteiger partial charge in [-0.05, 0) is 63.6 Å². The summed E-state index contributed by atoms with van der Waals surface area (Å²) in [6.07, 6.45) is 3.04. The van der Waals surface area contributed by atoms with E-state index >= 15 is 0 Å². The van der Waals surface area contributed by atoms with Gasteiger partial charge in [-0.25, -0.2) is 4.79 Å². The van der Waals surface area contributed by atoms with Crippen LogP contribution in [0.15, 0.2) is 12.1 Å². The van der Waals surface area contributed by atoms with Crippen molar-refractivity contribution in [3.63, 3.8) is 0 Å². The summed E-state index contributed by atoms with van der Waals surface area (Å²) >= 11 is 0. The molecule has 27 heavy (non-hydrogen) atoms. The van der Waals surface area contributed by atoms with Crippen molar-refractivity contribution in [1.82, 2.24) is 0 Å². The number of esters is 2. The summed E-state index contributed by atoms with van der Waals surface area (Å²) in [5.74, 6) is -1.24. The molecular weight excluding hydrogens is 358 g/mol. The molecule has 0 N–H and O–H groups in total. The molecule has 1 aliphatic rings. The van der Waals surface area contributed by atoms with Crippen molar-refractivity contribution in [3.8, 4) is 5.75 Å². The highest BCUT2D eigenvalue weighted by molar-refractivity contribution is 5.84. The molecular formula is C20H26F2O5. The molecule has 0 amide bonds. The second-order valence-corrected chi connectivity index (χ2v) is 6.86. The van der Waals surface area contributed by atoms with E-state index in [1.165, 1.54) is 6.07 Å². The fraction of sp³-hybridized carbons (Fsp3) is 0.600. The number of halogens is 2. The Morgan fingerprint density at radius 3 is 2.41 bits per heavy atom. The van der Waals surface area contributed by atoms with E-state index in [-0.39, 0.29) is 18.8 Å². The highest BCUT2D eigenvalue weighted by Gasteiger charge is 2.44. The van der Waals surface area contributed by atoms with Crippen LogP contribution >= 0.6 is 0 Å². The lowest BCUT2D eigenvalue weighted by molar-refractivity contribution is -0.186. The molecule has 0 aliphatic heterocycles. The molecule has 2 rings (SSSR count). The molecule has 0 spiro atoms. The van der Waals surface area contributed by atoms with Gasteiger partial charge in [0.15, 0.2) is 0 Å². The molecule has 150 valence electrons. The van der Waals surface area contributed by atoms with Gasteiger partial charge in [0.25, 0.3) is 0 Å². The van der Waals surface area contributed by atoms with E-state index in [2.05, 4.69) is 4.74 Å². The van der Waals surface area contributed by atoms with E-state index in [9.17, 15) is 18.4 Å². The highest BCUT2D eigenvalue weighted by atomic mass is 19.3. The Bertz CT molecular complexity index is 681. The molecule has 0 saturated heterocycles. The van der Waals surface area contributed by atoms with Crippen molar-refractivity contribution in [1.29, 1.82) is 0 Å². The van der Waals surface area contributed by atoms with Gasteiger partial charge in [-0.1, -0.05) is 12.5 Å². The van der Waals surface area contributed by atoms with Gasteiger partial charge in [0.1, 0.15) is 5.75 Å². The maximum Gasteiger partial charge on any atom is 0.387 e. The molecule has 5 nitrogen and oxygen atoms in total. The van der Waals surface area contributed by atoms with Crippen molar-refractivity contribution < 1.29 is 32.6 Å². The molecule has 7 heteroatoms. The van der Waals surface area contributed by atoms with E-state index in [4.69, 9.17) is 9.47 Å². The van der Waals surface area contributed by atoms with Crippen LogP contribution in [0.5, 0.6) is 5.75 Å². The summed E-state index contributed by atoms with van der Waals surface area (Å²) in [6, 6.07) is 3.24. The lowest BCUT2D eigenvalue weighted by Gasteiger charge is -2.34. The molecule has 1 aliphatic carbocycles. The first kappa shape index (κ1) is 21.1. The zero-order chi connectivity index (χ0) is 20.0. The van der Waals surface area contributed by atoms with Crippen LogP contribution in [0.25, 0.3) is 0 Å². The number of carbonyl (C=O) groups is 2. The van der Waals surface area contributed by atoms with Gasteiger partial charge in [0.05, 0.1) is 13.0 Å². The minimum atomic E-state index is -3.00. The Hall–Kier alpha value is -2.18. The van der Waals surface area contributed by atoms with Gasteiger partial charge in [-0.15, -0.1) is 0 Å². The number of rotatable bonds is 7. The highest BCUT2D eigenvalue weighted by Crippen LogP contribution is 2.34. The Morgan fingerprint density at radius 1 is 1.15 bits per heavy atom. The molecule has 1 aromatic rings. The molecule has 0 unspecified atom stereocenters. The number of alkyl halides is 2. The maximum absolute atomic E-state index is 12.7. The number of carbonyl (C=O) groups excluding carboxylic acids is 2. The summed E-state index contributed by atoms with van der Waals surface area (Å²) in [7, 11) is 0. The first-order chi connectivity index (χ1) is 12.8. The molecule has 1 saturated carbocycles. The third-order valence-corrected chi connectivity index (χ3v) is 4.73. The third kappa shape index (κ3) is 5.40. The number of aryl methyl sites for hydroxylation is 2. The predicted molar refractivity (Wildman–Crippen MR) is 94.8 cm³/mol. The second-order valence-electron chi connectivity index (χ2n) is 6.86. The number of hydrogen-bond acceptors (Lipinski definition) is 5. The molecule has 0 bridgehead atoms. The lowest BCUT2D eigenvalue weighted by Crippen LogP contribution is -2.46. The van der Waals surface area contributed by atoms with Crippen molar-refractivity contribution in [3.05, 3.63) is 28.8 Å². The average Bonchev–Trinajstić information content (AvgIpc) is 2.58. The molecule has 0 heterocycles. The van der Waals surface area contributed by atoms with E-state index < -0.39 is 24.2 Å². The van der Waals surface area contributed by atoms with Crippen molar-refractivity contribution in [2.45, 2.75) is 71.5 Å². The fourth-order valence-electron chi connectivity index (χ4n) is 3.52. The topological polar surface area (TPSA) is 61.8 Å². The van der Waals surface area contributed by atoms with Crippen LogP contribution in [0.2, 0.25) is 0 Å². The summed E-state index contributed by atoms with van der Waals surface area (Å²) < 4.78 is 40.7. The largest absolute Gasteiger partial charge is 0.463 e. The summed E-state index contributed by atoms with van der Waals surface area (Å²) in [4.78, 5) is 25.0. The van der Waals surface area contributed by atoms with Crippen LogP contribution in [0.1, 0.15) is 55.7 Å². The van der Waals surface area contributed by atoms with Crippen molar-refractivity contribution >= 4 is 11.9 Å². The first-order valence-corrected chi connectivity index (χ1v) is 9.21. The smallest absolute Gasteiger partial charge is 0.387 e. The number of benzene rings is 1. The normalized spacial score (nSPS) is 16.1. The average molecular weight is 384 g/mol. The standard InChI is InChI=1S/C20H26F2O5/c1-4-25-18(24)20(8-6-5-7-9-20)27-17(23)12-15-14(3)10-13(2)11-16(15)26-19(21)22/h10-11,19H,4-9,12H2,1-3H3. The van der Waals surface area contributed by atoms with Gasteiger partial charge in [-0.2, -0.15) is 8.78 Å². The zero-order valence-corrected chi connectivity index (χ0v) is 16.0. The number of hydrogen-bond donors (Lipinski definition) is 0. The van der Waals surface area contributed by atoms with Gasteiger partial charge < -0.3 is 14.2 Å². The zero-order valence-electron chi connectivity index (χ0n) is 16.0. The third-order valence-electron chi connectivity index (χ3n) is 4.73. The van der Waals surface area contributed by atoms with Crippen molar-refractivity contribution in [2.24, 2.45) is 0 Å². The van der Waals surface area contributed by atoms with E-state index in [1.54, 1.807) is 26.8 Å². The van der Waals surface area contributed by atoms with E-state index in [1.807, 2.05) is 0 Å². The van der Waals surface area contributed by atoms with Gasteiger partial charge in [0.2, 0.25) is 5.60 Å². The Labute approximate surface area is 158 Å². The Balaban J connectivity index is 2.21. The minimum Gasteiger partial charge on any atom is -0.463 e. The van der Waals surface area contributed by atoms with Crippen LogP contribution in [0, 0.1) is 13.8 Å². The maximum atomic E-state index is 12.7. The van der Waals surface area contributed by atoms with Gasteiger partial charge in [-0.3, -0.25) is 4.79 Å². The monoisotopic (exact) mass is 384 g/mol. The summed E-state index contributed by atoms with van der Waals surface area (Å²) in [6.45, 7) is 2.37. The molecule has 0 aromatic heterocycles. The SMILES string of the molecule is CCOC(=O)C1(OC(=O)Cc2c(C)cc(C)cc2OC(F)F)CCCCC1. The van der Waals surface area contributed by atoms with Crippen LogP contribution in [-0.4, -0.2) is 30.8 Å². The number of ether oxygens (including phenoxy) is 3. The van der Waals surface area contributed by atoms with Crippen molar-refractivity contribution in [2.75, 3.05) is 6.61 Å².